The lowest BCUT2D eigenvalue weighted by molar-refractivity contribution is -0.384. The van der Waals surface area contributed by atoms with Gasteiger partial charge in [-0.2, -0.15) is 0 Å². The second-order valence-electron chi connectivity index (χ2n) is 11.4. The Morgan fingerprint density at radius 3 is 2.51 bits per heavy atom. The number of hydrogen-bond donors (Lipinski definition) is 1. The molecule has 1 N–H and O–H groups in total. The highest BCUT2D eigenvalue weighted by Gasteiger charge is 2.34. The minimum Gasteiger partial charge on any atom is -0.493 e. The largest absolute Gasteiger partial charge is 0.493 e. The van der Waals surface area contributed by atoms with Crippen LogP contribution < -0.4 is 10.3 Å². The summed E-state index contributed by atoms with van der Waals surface area (Å²) >= 11 is 0. The lowest BCUT2D eigenvalue weighted by Gasteiger charge is -2.29. The van der Waals surface area contributed by atoms with E-state index in [1.807, 2.05) is 25.1 Å². The van der Waals surface area contributed by atoms with Gasteiger partial charge < -0.3 is 23.7 Å². The van der Waals surface area contributed by atoms with E-state index in [2.05, 4.69) is 0 Å². The zero-order chi connectivity index (χ0) is 29.6. The van der Waals surface area contributed by atoms with Crippen molar-refractivity contribution in [2.24, 2.45) is 7.05 Å². The van der Waals surface area contributed by atoms with Crippen LogP contribution in [-0.2, 0) is 29.5 Å². The van der Waals surface area contributed by atoms with Crippen molar-refractivity contribution in [1.29, 1.82) is 0 Å². The number of fused-ring (bicyclic) bond motifs is 2. The molecule has 0 saturated carbocycles. The number of rotatable bonds is 7. The fourth-order valence-corrected chi connectivity index (χ4v) is 5.58. The van der Waals surface area contributed by atoms with Crippen LogP contribution >= 0.6 is 0 Å². The molecule has 1 aliphatic rings. The van der Waals surface area contributed by atoms with Gasteiger partial charge in [0.05, 0.1) is 22.8 Å². The predicted molar refractivity (Wildman–Crippen MR) is 155 cm³/mol. The van der Waals surface area contributed by atoms with Gasteiger partial charge in [-0.1, -0.05) is 18.2 Å². The number of aromatic nitrogens is 2. The van der Waals surface area contributed by atoms with Gasteiger partial charge in [-0.25, -0.2) is 4.79 Å². The van der Waals surface area contributed by atoms with Gasteiger partial charge >= 0.3 is 5.97 Å². The van der Waals surface area contributed by atoms with Gasteiger partial charge in [0, 0.05) is 42.9 Å². The van der Waals surface area contributed by atoms with E-state index < -0.39 is 22.6 Å². The zero-order valence-electron chi connectivity index (χ0n) is 23.8. The summed E-state index contributed by atoms with van der Waals surface area (Å²) in [7, 11) is 1.57. The first-order chi connectivity index (χ1) is 19.4. The number of aliphatic carboxylic acids is 1. The van der Waals surface area contributed by atoms with Crippen molar-refractivity contribution >= 4 is 22.6 Å². The molecule has 0 amide bonds. The van der Waals surface area contributed by atoms with E-state index in [0.29, 0.717) is 29.6 Å². The number of non-ortho nitro benzene ring substituents is 1. The van der Waals surface area contributed by atoms with E-state index in [1.54, 1.807) is 50.7 Å². The van der Waals surface area contributed by atoms with Crippen molar-refractivity contribution in [3.63, 3.8) is 0 Å². The highest BCUT2D eigenvalue weighted by Crippen LogP contribution is 2.42. The van der Waals surface area contributed by atoms with E-state index >= 15 is 0 Å². The molecule has 0 bridgehead atoms. The molecular weight excluding hydrogens is 526 g/mol. The van der Waals surface area contributed by atoms with Crippen LogP contribution in [0.4, 0.5) is 5.69 Å². The average molecular weight is 560 g/mol. The number of carboxylic acids is 1. The summed E-state index contributed by atoms with van der Waals surface area (Å²) in [5.74, 6) is -0.378. The van der Waals surface area contributed by atoms with Crippen LogP contribution in [0.2, 0.25) is 0 Å². The highest BCUT2D eigenvalue weighted by molar-refractivity contribution is 5.99. The lowest BCUT2D eigenvalue weighted by Crippen LogP contribution is -2.33. The Morgan fingerprint density at radius 2 is 1.88 bits per heavy atom. The second kappa shape index (κ2) is 10.5. The lowest BCUT2D eigenvalue weighted by atomic mass is 9.89. The van der Waals surface area contributed by atoms with Crippen LogP contribution in [0, 0.1) is 17.0 Å². The SMILES string of the molecule is Cc1c(-c2c(C(OC(C)(C)C)C(=O)O)n(C)c(=O)c3c2ccn3Cc2ccc([N+](=O)[O-])cc2)ccc2c1CCCO2. The first-order valence-electron chi connectivity index (χ1n) is 13.5. The molecule has 214 valence electrons. The van der Waals surface area contributed by atoms with Gasteiger partial charge in [-0.05, 0) is 74.9 Å². The minimum atomic E-state index is -1.41. The molecule has 10 nitrogen and oxygen atoms in total. The van der Waals surface area contributed by atoms with Crippen molar-refractivity contribution in [3.05, 3.63) is 91.5 Å². The minimum absolute atomic E-state index is 0.0145. The molecule has 5 rings (SSSR count). The van der Waals surface area contributed by atoms with Gasteiger partial charge in [0.25, 0.3) is 11.2 Å². The monoisotopic (exact) mass is 559 g/mol. The van der Waals surface area contributed by atoms with Crippen LogP contribution in [0.1, 0.15) is 55.7 Å². The third-order valence-electron chi connectivity index (χ3n) is 7.46. The molecule has 41 heavy (non-hydrogen) atoms. The van der Waals surface area contributed by atoms with Crippen molar-refractivity contribution in [1.82, 2.24) is 9.13 Å². The van der Waals surface area contributed by atoms with Crippen LogP contribution in [-0.4, -0.2) is 37.3 Å². The standard InChI is InChI=1S/C31H33N3O7/c1-18-21-7-6-16-40-24(21)13-12-22(18)25-23-14-15-33(17-19-8-10-20(11-9-19)34(38)39)26(23)29(35)32(5)27(25)28(30(36)37)41-31(2,3)4/h8-15,28H,6-7,16-17H2,1-5H3,(H,36,37). The number of carbonyl (C=O) groups is 1. The molecule has 1 atom stereocenters. The maximum atomic E-state index is 13.9. The second-order valence-corrected chi connectivity index (χ2v) is 11.4. The average Bonchev–Trinajstić information content (AvgIpc) is 3.33. The molecule has 2 aromatic carbocycles. The molecule has 10 heteroatoms. The number of pyridine rings is 1. The number of nitrogens with zero attached hydrogens (tertiary/aromatic N) is 3. The Hall–Kier alpha value is -4.44. The van der Waals surface area contributed by atoms with Gasteiger partial charge in [-0.3, -0.25) is 14.9 Å². The smallest absolute Gasteiger partial charge is 0.339 e. The van der Waals surface area contributed by atoms with E-state index in [-0.39, 0.29) is 16.9 Å². The number of hydrogen-bond acceptors (Lipinski definition) is 6. The number of nitro groups is 1. The van der Waals surface area contributed by atoms with Crippen molar-refractivity contribution in [3.8, 4) is 16.9 Å². The summed E-state index contributed by atoms with van der Waals surface area (Å²) in [5, 5.41) is 22.1. The number of ether oxygens (including phenoxy) is 2. The van der Waals surface area contributed by atoms with Gasteiger partial charge in [-0.15, -0.1) is 0 Å². The highest BCUT2D eigenvalue weighted by atomic mass is 16.6. The van der Waals surface area contributed by atoms with Crippen molar-refractivity contribution in [2.75, 3.05) is 6.61 Å². The molecule has 0 spiro atoms. The van der Waals surface area contributed by atoms with Crippen molar-refractivity contribution < 1.29 is 24.3 Å². The first-order valence-corrected chi connectivity index (χ1v) is 13.5. The number of nitro benzene ring substituents is 1. The van der Waals surface area contributed by atoms with E-state index in [0.717, 1.165) is 40.8 Å². The van der Waals surface area contributed by atoms with Gasteiger partial charge in [0.2, 0.25) is 0 Å². The quantitative estimate of drug-likeness (QED) is 0.233. The normalized spacial score (nSPS) is 14.0. The maximum Gasteiger partial charge on any atom is 0.339 e. The van der Waals surface area contributed by atoms with Crippen LogP contribution in [0.25, 0.3) is 22.0 Å². The summed E-state index contributed by atoms with van der Waals surface area (Å²) in [6.45, 7) is 8.28. The molecule has 0 fully saturated rings. The molecular formula is C31H33N3O7. The molecule has 0 radical (unpaired) electrons. The number of carboxylic acid groups (broad SMARTS) is 1. The summed E-state index contributed by atoms with van der Waals surface area (Å²) in [6, 6.07) is 11.8. The summed E-state index contributed by atoms with van der Waals surface area (Å²) in [4.78, 5) is 37.3. The molecule has 2 aromatic heterocycles. The first kappa shape index (κ1) is 28.1. The van der Waals surface area contributed by atoms with Crippen LogP contribution in [0.5, 0.6) is 5.75 Å². The Morgan fingerprint density at radius 1 is 1.17 bits per heavy atom. The molecule has 1 aliphatic heterocycles. The molecule has 1 unspecified atom stereocenters. The third kappa shape index (κ3) is 5.22. The topological polar surface area (TPSA) is 126 Å². The fourth-order valence-electron chi connectivity index (χ4n) is 5.58. The third-order valence-corrected chi connectivity index (χ3v) is 7.46. The van der Waals surface area contributed by atoms with Gasteiger partial charge in [0.1, 0.15) is 11.3 Å². The Bertz CT molecular complexity index is 1730. The maximum absolute atomic E-state index is 13.9. The van der Waals surface area contributed by atoms with E-state index in [9.17, 15) is 24.8 Å². The predicted octanol–water partition coefficient (Wildman–Crippen LogP) is 5.54. The van der Waals surface area contributed by atoms with Crippen LogP contribution in [0.3, 0.4) is 0 Å². The molecule has 0 aliphatic carbocycles. The molecule has 0 saturated heterocycles. The van der Waals surface area contributed by atoms with E-state index in [4.69, 9.17) is 9.47 Å². The zero-order valence-corrected chi connectivity index (χ0v) is 23.8. The van der Waals surface area contributed by atoms with Gasteiger partial charge in [0.15, 0.2) is 6.10 Å². The summed E-state index contributed by atoms with van der Waals surface area (Å²) in [5.41, 5.74) is 3.72. The fraction of sp³-hybridized carbons (Fsp3) is 0.355. The van der Waals surface area contributed by atoms with E-state index in [1.165, 1.54) is 16.7 Å². The number of benzene rings is 2. The summed E-state index contributed by atoms with van der Waals surface area (Å²) < 4.78 is 15.1. The van der Waals surface area contributed by atoms with Crippen LogP contribution in [0.15, 0.2) is 53.5 Å². The summed E-state index contributed by atoms with van der Waals surface area (Å²) in [6.07, 6.45) is 2.10. The molecule has 3 heterocycles. The molecule has 4 aromatic rings. The Kier molecular flexibility index (Phi) is 7.21. The van der Waals surface area contributed by atoms with Crippen molar-refractivity contribution in [2.45, 2.75) is 58.8 Å². The Labute approximate surface area is 236 Å². The Balaban J connectivity index is 1.79.